The number of pyridine rings is 2. The molecule has 0 amide bonds. The number of hydrogen-bond acceptors (Lipinski definition) is 6. The van der Waals surface area contributed by atoms with Gasteiger partial charge in [0.1, 0.15) is 28.2 Å². The molecule has 3 heterocycles. The molecule has 146 valence electrons. The van der Waals surface area contributed by atoms with Crippen molar-refractivity contribution in [1.82, 2.24) is 14.6 Å². The van der Waals surface area contributed by atoms with Gasteiger partial charge in [0.25, 0.3) is 0 Å². The van der Waals surface area contributed by atoms with Gasteiger partial charge in [0, 0.05) is 44.8 Å². The molecule has 8 nitrogen and oxygen atoms in total. The lowest BCUT2D eigenvalue weighted by Gasteiger charge is -2.33. The van der Waals surface area contributed by atoms with E-state index < -0.39 is 28.6 Å². The van der Waals surface area contributed by atoms with Crippen LogP contribution in [0, 0.1) is 11.6 Å². The summed E-state index contributed by atoms with van der Waals surface area (Å²) in [6, 6.07) is 2.34. The molecular formula is C18H16F2N4O4. The summed E-state index contributed by atoms with van der Waals surface area (Å²) in [5.74, 6) is -3.07. The van der Waals surface area contributed by atoms with Crippen LogP contribution in [0.1, 0.15) is 10.4 Å². The molecule has 0 saturated carbocycles. The van der Waals surface area contributed by atoms with Gasteiger partial charge in [-0.2, -0.15) is 5.06 Å². The van der Waals surface area contributed by atoms with E-state index in [2.05, 4.69) is 4.98 Å². The number of benzene rings is 1. The average molecular weight is 390 g/mol. The monoisotopic (exact) mass is 390 g/mol. The Morgan fingerprint density at radius 3 is 2.50 bits per heavy atom. The number of piperazine rings is 1. The van der Waals surface area contributed by atoms with E-state index in [0.717, 1.165) is 17.3 Å². The van der Waals surface area contributed by atoms with Gasteiger partial charge < -0.3 is 19.8 Å². The number of rotatable bonds is 2. The van der Waals surface area contributed by atoms with Crippen LogP contribution >= 0.6 is 0 Å². The van der Waals surface area contributed by atoms with E-state index in [1.54, 1.807) is 0 Å². The number of carbonyl (C=O) groups is 1. The first-order chi connectivity index (χ1) is 13.3. The van der Waals surface area contributed by atoms with Gasteiger partial charge in [-0.25, -0.2) is 18.6 Å². The highest BCUT2D eigenvalue weighted by atomic mass is 19.1. The number of hydrogen-bond donors (Lipinski definition) is 2. The number of aromatic nitrogens is 2. The van der Waals surface area contributed by atoms with E-state index in [9.17, 15) is 19.2 Å². The maximum absolute atomic E-state index is 15.2. The Morgan fingerprint density at radius 1 is 1.18 bits per heavy atom. The Kier molecular flexibility index (Phi) is 4.24. The molecule has 1 aliphatic rings. The third-order valence-electron chi connectivity index (χ3n) is 4.90. The van der Waals surface area contributed by atoms with Crippen molar-refractivity contribution < 1.29 is 23.9 Å². The first kappa shape index (κ1) is 18.3. The van der Waals surface area contributed by atoms with E-state index in [1.807, 2.05) is 0 Å². The largest absolute Gasteiger partial charge is 0.477 e. The van der Waals surface area contributed by atoms with Crippen molar-refractivity contribution in [2.45, 2.75) is 0 Å². The van der Waals surface area contributed by atoms with Crippen LogP contribution in [0.4, 0.5) is 14.5 Å². The number of aryl methyl sites for hydroxylation is 1. The molecule has 0 bridgehead atoms. The van der Waals surface area contributed by atoms with E-state index in [-0.39, 0.29) is 53.8 Å². The summed E-state index contributed by atoms with van der Waals surface area (Å²) in [7, 11) is 1.50. The van der Waals surface area contributed by atoms with Crippen molar-refractivity contribution in [1.29, 1.82) is 0 Å². The maximum atomic E-state index is 15.2. The molecule has 28 heavy (non-hydrogen) atoms. The van der Waals surface area contributed by atoms with Crippen LogP contribution in [-0.4, -0.2) is 57.1 Å². The standard InChI is InChI=1S/C18H16F2N4O4/c1-22-8-11(18(26)27)16(25)10-6-9-7-12(19)15(13(20)14(9)21-17(10)22)23-2-4-24(28)5-3-23/h6-8,28H,2-5H2,1H3,(H,26,27). The summed E-state index contributed by atoms with van der Waals surface area (Å²) in [6.07, 6.45) is 1.12. The Balaban J connectivity index is 1.97. The zero-order valence-corrected chi connectivity index (χ0v) is 14.8. The summed E-state index contributed by atoms with van der Waals surface area (Å²) >= 11 is 0. The van der Waals surface area contributed by atoms with E-state index in [1.165, 1.54) is 22.6 Å². The van der Waals surface area contributed by atoms with Crippen LogP contribution in [0.25, 0.3) is 21.9 Å². The second kappa shape index (κ2) is 6.50. The number of halogens is 2. The highest BCUT2D eigenvalue weighted by Gasteiger charge is 2.25. The summed E-state index contributed by atoms with van der Waals surface area (Å²) in [5, 5.41) is 19.7. The zero-order chi connectivity index (χ0) is 20.2. The summed E-state index contributed by atoms with van der Waals surface area (Å²) in [5.41, 5.74) is -1.47. The number of anilines is 1. The number of hydroxylamine groups is 2. The Hall–Kier alpha value is -3.11. The number of aromatic carboxylic acids is 1. The lowest BCUT2D eigenvalue weighted by molar-refractivity contribution is -0.0936. The molecule has 2 N–H and O–H groups in total. The van der Waals surface area contributed by atoms with Crippen molar-refractivity contribution in [3.63, 3.8) is 0 Å². The van der Waals surface area contributed by atoms with Crippen LogP contribution in [0.15, 0.2) is 23.1 Å². The topological polar surface area (TPSA) is 98.9 Å². The van der Waals surface area contributed by atoms with Gasteiger partial charge in [0.15, 0.2) is 5.82 Å². The van der Waals surface area contributed by atoms with E-state index in [4.69, 9.17) is 5.11 Å². The van der Waals surface area contributed by atoms with Gasteiger partial charge in [-0.05, 0) is 12.1 Å². The number of nitrogens with zero attached hydrogens (tertiary/aromatic N) is 4. The molecule has 0 unspecified atom stereocenters. The van der Waals surface area contributed by atoms with Crippen LogP contribution in [0.5, 0.6) is 0 Å². The predicted octanol–water partition coefficient (Wildman–Crippen LogP) is 1.57. The molecule has 1 fully saturated rings. The quantitative estimate of drug-likeness (QED) is 0.641. The number of carboxylic acid groups (broad SMARTS) is 1. The fourth-order valence-electron chi connectivity index (χ4n) is 3.48. The SMILES string of the molecule is Cn1cc(C(=O)O)c(=O)c2cc3cc(F)c(N4CCN(O)CC4)c(F)c3nc21. The molecule has 1 aliphatic heterocycles. The van der Waals surface area contributed by atoms with Gasteiger partial charge in [0.2, 0.25) is 5.43 Å². The minimum absolute atomic E-state index is 0.0321. The average Bonchev–Trinajstić information content (AvgIpc) is 2.65. The first-order valence-electron chi connectivity index (χ1n) is 8.52. The minimum Gasteiger partial charge on any atom is -0.477 e. The van der Waals surface area contributed by atoms with Gasteiger partial charge >= 0.3 is 5.97 Å². The van der Waals surface area contributed by atoms with Crippen LogP contribution in [-0.2, 0) is 7.05 Å². The highest BCUT2D eigenvalue weighted by Crippen LogP contribution is 2.31. The fourth-order valence-corrected chi connectivity index (χ4v) is 3.48. The molecule has 3 aromatic rings. The van der Waals surface area contributed by atoms with Crippen LogP contribution in [0.3, 0.4) is 0 Å². The van der Waals surface area contributed by atoms with Crippen molar-refractivity contribution in [3.05, 3.63) is 45.8 Å². The molecule has 0 spiro atoms. The third kappa shape index (κ3) is 2.77. The Bertz CT molecular complexity index is 1190. The van der Waals surface area contributed by atoms with E-state index >= 15 is 4.39 Å². The summed E-state index contributed by atoms with van der Waals surface area (Å²) < 4.78 is 31.2. The van der Waals surface area contributed by atoms with Gasteiger partial charge in [-0.3, -0.25) is 4.79 Å². The van der Waals surface area contributed by atoms with Gasteiger partial charge in [-0.15, -0.1) is 0 Å². The smallest absolute Gasteiger partial charge is 0.341 e. The lowest BCUT2D eigenvalue weighted by Crippen LogP contribution is -2.45. The second-order valence-corrected chi connectivity index (χ2v) is 6.68. The van der Waals surface area contributed by atoms with Crippen molar-refractivity contribution in [2.24, 2.45) is 7.05 Å². The van der Waals surface area contributed by atoms with Crippen LogP contribution in [0.2, 0.25) is 0 Å². The lowest BCUT2D eigenvalue weighted by atomic mass is 10.1. The molecule has 1 saturated heterocycles. The zero-order valence-electron chi connectivity index (χ0n) is 14.8. The maximum Gasteiger partial charge on any atom is 0.341 e. The number of fused-ring (bicyclic) bond motifs is 2. The molecule has 0 aliphatic carbocycles. The van der Waals surface area contributed by atoms with Crippen LogP contribution < -0.4 is 10.3 Å². The predicted molar refractivity (Wildman–Crippen MR) is 96.9 cm³/mol. The normalized spacial score (nSPS) is 15.5. The first-order valence-corrected chi connectivity index (χ1v) is 8.52. The molecule has 4 rings (SSSR count). The molecule has 1 aromatic carbocycles. The summed E-state index contributed by atoms with van der Waals surface area (Å²) in [6.45, 7) is 0.969. The molecule has 10 heteroatoms. The second-order valence-electron chi connectivity index (χ2n) is 6.68. The van der Waals surface area contributed by atoms with Crippen molar-refractivity contribution in [2.75, 3.05) is 31.1 Å². The van der Waals surface area contributed by atoms with Gasteiger partial charge in [-0.1, -0.05) is 0 Å². The molecule has 2 aromatic heterocycles. The molecular weight excluding hydrogens is 374 g/mol. The van der Waals surface area contributed by atoms with E-state index in [0.29, 0.717) is 0 Å². The summed E-state index contributed by atoms with van der Waals surface area (Å²) in [4.78, 5) is 29.4. The fraction of sp³-hybridized carbons (Fsp3) is 0.278. The number of carboxylic acids is 1. The Labute approximate surface area is 156 Å². The highest BCUT2D eigenvalue weighted by molar-refractivity contribution is 5.97. The van der Waals surface area contributed by atoms with Gasteiger partial charge in [0.05, 0.1) is 5.39 Å². The third-order valence-corrected chi connectivity index (χ3v) is 4.90. The minimum atomic E-state index is -1.39. The molecule has 0 atom stereocenters. The van der Waals surface area contributed by atoms with Crippen molar-refractivity contribution in [3.8, 4) is 0 Å². The Morgan fingerprint density at radius 2 is 1.86 bits per heavy atom. The van der Waals surface area contributed by atoms with Crippen molar-refractivity contribution >= 4 is 33.6 Å². The molecule has 0 radical (unpaired) electrons.